The van der Waals surface area contributed by atoms with E-state index in [0.717, 1.165) is 12.8 Å². The number of thiophene rings is 1. The van der Waals surface area contributed by atoms with Gasteiger partial charge in [0.2, 0.25) is 5.91 Å². The van der Waals surface area contributed by atoms with Crippen LogP contribution >= 0.6 is 11.3 Å². The number of ether oxygens (including phenoxy) is 1. The Balaban J connectivity index is 1.67. The van der Waals surface area contributed by atoms with E-state index < -0.39 is 0 Å². The summed E-state index contributed by atoms with van der Waals surface area (Å²) in [5, 5.41) is 7.84. The average molecular weight is 417 g/mol. The lowest BCUT2D eigenvalue weighted by Crippen LogP contribution is -2.37. The highest BCUT2D eigenvalue weighted by Crippen LogP contribution is 2.33. The van der Waals surface area contributed by atoms with Gasteiger partial charge >= 0.3 is 6.03 Å². The van der Waals surface area contributed by atoms with E-state index in [0.29, 0.717) is 36.6 Å². The highest BCUT2D eigenvalue weighted by atomic mass is 32.1. The summed E-state index contributed by atoms with van der Waals surface area (Å²) in [7, 11) is 5.57. The monoisotopic (exact) mass is 416 g/mol. The molecule has 1 aliphatic rings. The summed E-state index contributed by atoms with van der Waals surface area (Å²) >= 11 is 1.67. The SMILES string of the molecule is COc1ccc(NC(=O)NCC(c2cccs2)N(C)C)cc1N1CCCCC1=O. The van der Waals surface area contributed by atoms with Gasteiger partial charge in [0.15, 0.2) is 0 Å². The van der Waals surface area contributed by atoms with Crippen LogP contribution in [0.15, 0.2) is 35.7 Å². The van der Waals surface area contributed by atoms with E-state index in [1.807, 2.05) is 25.5 Å². The molecule has 0 radical (unpaired) electrons. The fraction of sp³-hybridized carbons (Fsp3) is 0.429. The molecule has 29 heavy (non-hydrogen) atoms. The first kappa shape index (κ1) is 21.1. The van der Waals surface area contributed by atoms with Crippen molar-refractivity contribution in [1.82, 2.24) is 10.2 Å². The zero-order valence-electron chi connectivity index (χ0n) is 17.1. The fourth-order valence-electron chi connectivity index (χ4n) is 3.42. The summed E-state index contributed by atoms with van der Waals surface area (Å²) in [6.07, 6.45) is 2.41. The summed E-state index contributed by atoms with van der Waals surface area (Å²) in [5.74, 6) is 0.706. The van der Waals surface area contributed by atoms with Gasteiger partial charge in [0.1, 0.15) is 5.75 Å². The number of likely N-dealkylation sites (N-methyl/N-ethyl adjacent to an activating group) is 1. The number of methoxy groups -OCH3 is 1. The van der Waals surface area contributed by atoms with Crippen LogP contribution in [0.5, 0.6) is 5.75 Å². The van der Waals surface area contributed by atoms with Crippen molar-refractivity contribution in [2.24, 2.45) is 0 Å². The quantitative estimate of drug-likeness (QED) is 0.722. The Bertz CT molecular complexity index is 838. The van der Waals surface area contributed by atoms with E-state index in [4.69, 9.17) is 4.74 Å². The van der Waals surface area contributed by atoms with Crippen molar-refractivity contribution in [3.05, 3.63) is 40.6 Å². The Morgan fingerprint density at radius 1 is 1.31 bits per heavy atom. The summed E-state index contributed by atoms with van der Waals surface area (Å²) < 4.78 is 5.43. The molecule has 1 fully saturated rings. The van der Waals surface area contributed by atoms with Gasteiger partial charge in [-0.15, -0.1) is 11.3 Å². The summed E-state index contributed by atoms with van der Waals surface area (Å²) in [5.41, 5.74) is 1.31. The molecule has 8 heteroatoms. The van der Waals surface area contributed by atoms with E-state index in [9.17, 15) is 9.59 Å². The van der Waals surface area contributed by atoms with Crippen LogP contribution in [0.3, 0.4) is 0 Å². The summed E-state index contributed by atoms with van der Waals surface area (Å²) in [6.45, 7) is 1.16. The molecule has 1 unspecified atom stereocenters. The van der Waals surface area contributed by atoms with Crippen LogP contribution in [0.25, 0.3) is 0 Å². The maximum Gasteiger partial charge on any atom is 0.319 e. The topological polar surface area (TPSA) is 73.9 Å². The lowest BCUT2D eigenvalue weighted by atomic mass is 10.1. The zero-order valence-corrected chi connectivity index (χ0v) is 17.9. The zero-order chi connectivity index (χ0) is 20.8. The van der Waals surface area contributed by atoms with Crippen LogP contribution < -0.4 is 20.3 Å². The molecule has 1 saturated heterocycles. The van der Waals surface area contributed by atoms with E-state index in [1.165, 1.54) is 4.88 Å². The van der Waals surface area contributed by atoms with Crippen molar-refractivity contribution in [3.63, 3.8) is 0 Å². The minimum Gasteiger partial charge on any atom is -0.495 e. The standard InChI is InChI=1S/C21H28N4O3S/c1-24(2)17(19-7-6-12-29-19)14-22-21(27)23-15-9-10-18(28-3)16(13-15)25-11-5-4-8-20(25)26/h6-7,9-10,12-13,17H,4-5,8,11,14H2,1-3H3,(H2,22,23,27). The number of carbonyl (C=O) groups excluding carboxylic acids is 2. The maximum absolute atomic E-state index is 12.5. The van der Waals surface area contributed by atoms with Gasteiger partial charge in [-0.05, 0) is 56.6 Å². The van der Waals surface area contributed by atoms with Gasteiger partial charge < -0.3 is 25.2 Å². The van der Waals surface area contributed by atoms with Crippen molar-refractivity contribution in [3.8, 4) is 5.75 Å². The molecule has 0 bridgehead atoms. The first-order valence-corrected chi connectivity index (χ1v) is 10.6. The van der Waals surface area contributed by atoms with Crippen LogP contribution in [0.1, 0.15) is 30.2 Å². The third-order valence-electron chi connectivity index (χ3n) is 5.00. The number of rotatable bonds is 7. The Labute approximate surface area is 175 Å². The van der Waals surface area contributed by atoms with Gasteiger partial charge in [0, 0.05) is 30.1 Å². The third kappa shape index (κ3) is 5.27. The van der Waals surface area contributed by atoms with Crippen LogP contribution in [0, 0.1) is 0 Å². The molecule has 3 rings (SSSR count). The summed E-state index contributed by atoms with van der Waals surface area (Å²) in [4.78, 5) is 29.8. The molecule has 1 aliphatic heterocycles. The molecule has 2 heterocycles. The first-order valence-electron chi connectivity index (χ1n) is 9.72. The largest absolute Gasteiger partial charge is 0.495 e. The highest BCUT2D eigenvalue weighted by Gasteiger charge is 2.23. The Morgan fingerprint density at radius 3 is 2.79 bits per heavy atom. The molecule has 2 N–H and O–H groups in total. The lowest BCUT2D eigenvalue weighted by Gasteiger charge is -2.28. The third-order valence-corrected chi connectivity index (χ3v) is 5.98. The van der Waals surface area contributed by atoms with Crippen LogP contribution in [0.2, 0.25) is 0 Å². The van der Waals surface area contributed by atoms with Gasteiger partial charge in [-0.3, -0.25) is 4.79 Å². The van der Waals surface area contributed by atoms with Gasteiger partial charge in [-0.2, -0.15) is 0 Å². The molecule has 156 valence electrons. The number of amides is 3. The highest BCUT2D eigenvalue weighted by molar-refractivity contribution is 7.10. The number of nitrogens with zero attached hydrogens (tertiary/aromatic N) is 2. The summed E-state index contributed by atoms with van der Waals surface area (Å²) in [6, 6.07) is 9.26. The number of piperidine rings is 1. The van der Waals surface area contributed by atoms with Gasteiger partial charge in [-0.25, -0.2) is 4.79 Å². The number of urea groups is 1. The van der Waals surface area contributed by atoms with Crippen molar-refractivity contribution in [2.75, 3.05) is 44.5 Å². The predicted octanol–water partition coefficient (Wildman–Crippen LogP) is 3.70. The molecule has 1 aromatic heterocycles. The van der Waals surface area contributed by atoms with E-state index in [-0.39, 0.29) is 18.0 Å². The second-order valence-corrected chi connectivity index (χ2v) is 8.20. The Kier molecular flexibility index (Phi) is 7.11. The average Bonchev–Trinajstić information content (AvgIpc) is 3.22. The van der Waals surface area contributed by atoms with Crippen molar-refractivity contribution in [2.45, 2.75) is 25.3 Å². The van der Waals surface area contributed by atoms with Gasteiger partial charge in [0.25, 0.3) is 0 Å². The normalized spacial score (nSPS) is 15.3. The molecule has 1 aromatic carbocycles. The molecular weight excluding hydrogens is 388 g/mol. The number of anilines is 2. The molecule has 0 aliphatic carbocycles. The smallest absolute Gasteiger partial charge is 0.319 e. The minimum absolute atomic E-state index is 0.0842. The maximum atomic E-state index is 12.5. The molecule has 7 nitrogen and oxygen atoms in total. The lowest BCUT2D eigenvalue weighted by molar-refractivity contribution is -0.119. The predicted molar refractivity (Wildman–Crippen MR) is 117 cm³/mol. The van der Waals surface area contributed by atoms with Gasteiger partial charge in [-0.1, -0.05) is 6.07 Å². The molecule has 0 saturated carbocycles. The second-order valence-electron chi connectivity index (χ2n) is 7.22. The molecule has 0 spiro atoms. The number of nitrogens with one attached hydrogen (secondary N) is 2. The Morgan fingerprint density at radius 2 is 2.14 bits per heavy atom. The van der Waals surface area contributed by atoms with E-state index >= 15 is 0 Å². The number of hydrogen-bond donors (Lipinski definition) is 2. The van der Waals surface area contributed by atoms with Gasteiger partial charge in [0.05, 0.1) is 18.8 Å². The molecule has 1 atom stereocenters. The number of benzene rings is 1. The van der Waals surface area contributed by atoms with Crippen molar-refractivity contribution >= 4 is 34.6 Å². The van der Waals surface area contributed by atoms with E-state index in [2.05, 4.69) is 21.6 Å². The molecule has 3 amide bonds. The Hall–Kier alpha value is -2.58. The molecular formula is C21H28N4O3S. The van der Waals surface area contributed by atoms with Crippen LogP contribution in [-0.2, 0) is 4.79 Å². The molecule has 2 aromatic rings. The first-order chi connectivity index (χ1) is 14.0. The van der Waals surface area contributed by atoms with Crippen molar-refractivity contribution in [1.29, 1.82) is 0 Å². The second kappa shape index (κ2) is 9.76. The van der Waals surface area contributed by atoms with Crippen LogP contribution in [0.4, 0.5) is 16.2 Å². The van der Waals surface area contributed by atoms with E-state index in [1.54, 1.807) is 41.5 Å². The number of carbonyl (C=O) groups is 2. The minimum atomic E-state index is -0.283. The van der Waals surface area contributed by atoms with Crippen molar-refractivity contribution < 1.29 is 14.3 Å². The fourth-order valence-corrected chi connectivity index (χ4v) is 4.35. The number of hydrogen-bond acceptors (Lipinski definition) is 5. The van der Waals surface area contributed by atoms with Crippen LogP contribution in [-0.4, -0.2) is 51.1 Å².